The Hall–Kier alpha value is -1.65. The number of methoxy groups -OCH3 is 1. The standard InChI is InChI=1S/C9H11N3O2/c1-14-8-4-7(10-5-11-8)9(13)12-6-2-3-6/h4-6H,2-3H2,1H3,(H,12,13). The molecule has 0 spiro atoms. The number of aromatic nitrogens is 2. The van der Waals surface area contributed by atoms with E-state index in [2.05, 4.69) is 15.3 Å². The van der Waals surface area contributed by atoms with E-state index in [0.29, 0.717) is 17.6 Å². The molecule has 0 aromatic carbocycles. The number of rotatable bonds is 3. The molecule has 1 aromatic rings. The molecule has 1 heterocycles. The second-order valence-corrected chi connectivity index (χ2v) is 3.19. The summed E-state index contributed by atoms with van der Waals surface area (Å²) in [6, 6.07) is 1.86. The summed E-state index contributed by atoms with van der Waals surface area (Å²) in [4.78, 5) is 19.2. The van der Waals surface area contributed by atoms with Gasteiger partial charge in [-0.2, -0.15) is 0 Å². The highest BCUT2D eigenvalue weighted by Crippen LogP contribution is 2.19. The van der Waals surface area contributed by atoms with E-state index in [-0.39, 0.29) is 5.91 Å². The molecule has 1 aliphatic carbocycles. The predicted octanol–water partition coefficient (Wildman–Crippen LogP) is 0.377. The lowest BCUT2D eigenvalue weighted by Crippen LogP contribution is -2.26. The van der Waals surface area contributed by atoms with Crippen LogP contribution in [0.4, 0.5) is 0 Å². The molecule has 0 saturated heterocycles. The SMILES string of the molecule is COc1cc(C(=O)NC2CC2)ncn1. The van der Waals surface area contributed by atoms with E-state index in [0.717, 1.165) is 12.8 Å². The second-order valence-electron chi connectivity index (χ2n) is 3.19. The number of carbonyl (C=O) groups excluding carboxylic acids is 1. The minimum atomic E-state index is -0.159. The molecule has 1 saturated carbocycles. The van der Waals surface area contributed by atoms with Crippen molar-refractivity contribution in [3.05, 3.63) is 18.1 Å². The Bertz CT molecular complexity index is 350. The van der Waals surface area contributed by atoms with Crippen molar-refractivity contribution in [2.75, 3.05) is 7.11 Å². The van der Waals surface area contributed by atoms with Gasteiger partial charge in [-0.25, -0.2) is 9.97 Å². The Balaban J connectivity index is 2.09. The van der Waals surface area contributed by atoms with E-state index in [1.54, 1.807) is 0 Å². The van der Waals surface area contributed by atoms with E-state index in [1.165, 1.54) is 19.5 Å². The summed E-state index contributed by atoms with van der Waals surface area (Å²) < 4.78 is 4.89. The molecule has 0 unspecified atom stereocenters. The largest absolute Gasteiger partial charge is 0.481 e. The number of carbonyl (C=O) groups is 1. The van der Waals surface area contributed by atoms with Crippen LogP contribution in [0.5, 0.6) is 5.88 Å². The fourth-order valence-electron chi connectivity index (χ4n) is 1.06. The third-order valence-electron chi connectivity index (χ3n) is 2.00. The van der Waals surface area contributed by atoms with Gasteiger partial charge in [0.1, 0.15) is 12.0 Å². The van der Waals surface area contributed by atoms with Crippen molar-refractivity contribution in [1.29, 1.82) is 0 Å². The quantitative estimate of drug-likeness (QED) is 0.753. The maximum atomic E-state index is 11.5. The topological polar surface area (TPSA) is 64.1 Å². The highest BCUT2D eigenvalue weighted by molar-refractivity contribution is 5.92. The molecule has 14 heavy (non-hydrogen) atoms. The van der Waals surface area contributed by atoms with E-state index < -0.39 is 0 Å². The molecule has 0 radical (unpaired) electrons. The lowest BCUT2D eigenvalue weighted by atomic mass is 10.3. The summed E-state index contributed by atoms with van der Waals surface area (Å²) in [5.74, 6) is 0.245. The molecule has 74 valence electrons. The van der Waals surface area contributed by atoms with Crippen molar-refractivity contribution in [2.24, 2.45) is 0 Å². The molecule has 1 fully saturated rings. The van der Waals surface area contributed by atoms with Crippen molar-refractivity contribution in [3.63, 3.8) is 0 Å². The van der Waals surface area contributed by atoms with Gasteiger partial charge in [0, 0.05) is 12.1 Å². The van der Waals surface area contributed by atoms with Crippen LogP contribution >= 0.6 is 0 Å². The first-order valence-corrected chi connectivity index (χ1v) is 4.46. The average Bonchev–Trinajstić information content (AvgIpc) is 3.02. The first kappa shape index (κ1) is 8.93. The zero-order valence-corrected chi connectivity index (χ0v) is 7.86. The van der Waals surface area contributed by atoms with Gasteiger partial charge in [0.25, 0.3) is 5.91 Å². The predicted molar refractivity (Wildman–Crippen MR) is 49.1 cm³/mol. The van der Waals surface area contributed by atoms with Gasteiger partial charge in [-0.3, -0.25) is 4.79 Å². The van der Waals surface area contributed by atoms with Crippen LogP contribution in [0.1, 0.15) is 23.3 Å². The maximum Gasteiger partial charge on any atom is 0.270 e. The molecule has 5 nitrogen and oxygen atoms in total. The second kappa shape index (κ2) is 3.61. The summed E-state index contributed by atoms with van der Waals surface area (Å²) >= 11 is 0. The minimum Gasteiger partial charge on any atom is -0.481 e. The molecule has 5 heteroatoms. The average molecular weight is 193 g/mol. The molecule has 0 bridgehead atoms. The van der Waals surface area contributed by atoms with Gasteiger partial charge in [-0.05, 0) is 12.8 Å². The summed E-state index contributed by atoms with van der Waals surface area (Å²) in [6.45, 7) is 0. The van der Waals surface area contributed by atoms with Crippen molar-refractivity contribution < 1.29 is 9.53 Å². The fraction of sp³-hybridized carbons (Fsp3) is 0.444. The van der Waals surface area contributed by atoms with E-state index in [1.807, 2.05) is 0 Å². The number of hydrogen-bond donors (Lipinski definition) is 1. The third-order valence-corrected chi connectivity index (χ3v) is 2.00. The van der Waals surface area contributed by atoms with Gasteiger partial charge in [0.15, 0.2) is 0 Å². The molecule has 0 aliphatic heterocycles. The van der Waals surface area contributed by atoms with Crippen molar-refractivity contribution >= 4 is 5.91 Å². The van der Waals surface area contributed by atoms with Crippen LogP contribution in [0, 0.1) is 0 Å². The summed E-state index contributed by atoms with van der Waals surface area (Å²) in [6.07, 6.45) is 3.45. The van der Waals surface area contributed by atoms with Gasteiger partial charge in [0.2, 0.25) is 5.88 Å². The first-order valence-electron chi connectivity index (χ1n) is 4.46. The maximum absolute atomic E-state index is 11.5. The van der Waals surface area contributed by atoms with Crippen LogP contribution in [-0.4, -0.2) is 29.0 Å². The number of nitrogens with zero attached hydrogens (tertiary/aromatic N) is 2. The molecule has 2 rings (SSSR count). The lowest BCUT2D eigenvalue weighted by Gasteiger charge is -2.03. The van der Waals surface area contributed by atoms with Crippen LogP contribution in [0.3, 0.4) is 0 Å². The van der Waals surface area contributed by atoms with Gasteiger partial charge in [-0.1, -0.05) is 0 Å². The molecule has 0 atom stereocenters. The normalized spacial score (nSPS) is 14.9. The smallest absolute Gasteiger partial charge is 0.270 e. The minimum absolute atomic E-state index is 0.159. The molecule has 1 aliphatic rings. The molecular formula is C9H11N3O2. The molecule has 1 aromatic heterocycles. The number of amides is 1. The fourth-order valence-corrected chi connectivity index (χ4v) is 1.06. The molecular weight excluding hydrogens is 182 g/mol. The van der Waals surface area contributed by atoms with E-state index in [9.17, 15) is 4.79 Å². The van der Waals surface area contributed by atoms with Crippen LogP contribution < -0.4 is 10.1 Å². The Kier molecular flexibility index (Phi) is 2.30. The van der Waals surface area contributed by atoms with Crippen LogP contribution in [0.15, 0.2) is 12.4 Å². The van der Waals surface area contributed by atoms with Crippen LogP contribution in [-0.2, 0) is 0 Å². The van der Waals surface area contributed by atoms with Crippen molar-refractivity contribution in [2.45, 2.75) is 18.9 Å². The highest BCUT2D eigenvalue weighted by Gasteiger charge is 2.24. The zero-order chi connectivity index (χ0) is 9.97. The van der Waals surface area contributed by atoms with Crippen LogP contribution in [0.2, 0.25) is 0 Å². The van der Waals surface area contributed by atoms with Crippen molar-refractivity contribution in [1.82, 2.24) is 15.3 Å². The van der Waals surface area contributed by atoms with Crippen LogP contribution in [0.25, 0.3) is 0 Å². The number of ether oxygens (including phenoxy) is 1. The highest BCUT2D eigenvalue weighted by atomic mass is 16.5. The van der Waals surface area contributed by atoms with Gasteiger partial charge in [0.05, 0.1) is 7.11 Å². The Morgan fingerprint density at radius 1 is 1.57 bits per heavy atom. The Morgan fingerprint density at radius 2 is 2.36 bits per heavy atom. The summed E-state index contributed by atoms with van der Waals surface area (Å²) in [5, 5.41) is 2.84. The van der Waals surface area contributed by atoms with Gasteiger partial charge < -0.3 is 10.1 Å². The van der Waals surface area contributed by atoms with Crippen molar-refractivity contribution in [3.8, 4) is 5.88 Å². The lowest BCUT2D eigenvalue weighted by molar-refractivity contribution is 0.0945. The summed E-state index contributed by atoms with van der Waals surface area (Å²) in [7, 11) is 1.50. The Morgan fingerprint density at radius 3 is 3.00 bits per heavy atom. The molecule has 1 amide bonds. The summed E-state index contributed by atoms with van der Waals surface area (Å²) in [5.41, 5.74) is 0.351. The number of hydrogen-bond acceptors (Lipinski definition) is 4. The number of nitrogens with one attached hydrogen (secondary N) is 1. The van der Waals surface area contributed by atoms with E-state index >= 15 is 0 Å². The molecule has 1 N–H and O–H groups in total. The van der Waals surface area contributed by atoms with E-state index in [4.69, 9.17) is 4.74 Å². The Labute approximate surface area is 81.5 Å². The monoisotopic (exact) mass is 193 g/mol. The third kappa shape index (κ3) is 1.99. The first-order chi connectivity index (χ1) is 6.79. The zero-order valence-electron chi connectivity index (χ0n) is 7.86. The van der Waals surface area contributed by atoms with Gasteiger partial charge >= 0.3 is 0 Å². The van der Waals surface area contributed by atoms with Gasteiger partial charge in [-0.15, -0.1) is 0 Å².